The molecule has 2 aliphatic rings. The molecule has 0 spiro atoms. The van der Waals surface area contributed by atoms with Gasteiger partial charge in [-0.15, -0.1) is 4.40 Å². The SMILES string of the molecule is CCC(C)c1ccccc1NC(=O)C(C)OC(=O)c1ccc2c(c1)S(=O)(=O)N=C1CCCCCN12. The van der Waals surface area contributed by atoms with Crippen LogP contribution >= 0.6 is 0 Å². The van der Waals surface area contributed by atoms with E-state index in [0.717, 1.165) is 31.2 Å². The van der Waals surface area contributed by atoms with Gasteiger partial charge in [0.15, 0.2) is 6.10 Å². The summed E-state index contributed by atoms with van der Waals surface area (Å²) in [7, 11) is -3.93. The Morgan fingerprint density at radius 2 is 1.89 bits per heavy atom. The monoisotopic (exact) mass is 497 g/mol. The number of rotatable bonds is 6. The maximum atomic E-state index is 12.8. The number of sulfonamides is 1. The number of para-hydroxylation sites is 1. The number of esters is 1. The van der Waals surface area contributed by atoms with Crippen molar-refractivity contribution in [3.05, 3.63) is 53.6 Å². The molecule has 2 aromatic rings. The lowest BCUT2D eigenvalue weighted by Crippen LogP contribution is -2.35. The van der Waals surface area contributed by atoms with Crippen LogP contribution in [-0.2, 0) is 19.6 Å². The Morgan fingerprint density at radius 1 is 1.11 bits per heavy atom. The van der Waals surface area contributed by atoms with E-state index in [1.807, 2.05) is 29.2 Å². The Morgan fingerprint density at radius 3 is 2.66 bits per heavy atom. The summed E-state index contributed by atoms with van der Waals surface area (Å²) in [6.07, 6.45) is 3.30. The molecule has 1 N–H and O–H groups in total. The number of nitrogens with zero attached hydrogens (tertiary/aromatic N) is 2. The second kappa shape index (κ2) is 10.2. The van der Waals surface area contributed by atoms with Crippen LogP contribution in [0, 0.1) is 0 Å². The summed E-state index contributed by atoms with van der Waals surface area (Å²) >= 11 is 0. The lowest BCUT2D eigenvalue weighted by molar-refractivity contribution is -0.123. The molecule has 1 saturated heterocycles. The number of carbonyl (C=O) groups is 2. The van der Waals surface area contributed by atoms with E-state index in [4.69, 9.17) is 4.74 Å². The predicted octanol–water partition coefficient (Wildman–Crippen LogP) is 4.87. The van der Waals surface area contributed by atoms with Gasteiger partial charge in [-0.1, -0.05) is 38.5 Å². The largest absolute Gasteiger partial charge is 0.449 e. The van der Waals surface area contributed by atoms with E-state index < -0.39 is 28.0 Å². The van der Waals surface area contributed by atoms with Crippen LogP contribution in [0.3, 0.4) is 0 Å². The molecule has 2 heterocycles. The average molecular weight is 498 g/mol. The highest BCUT2D eigenvalue weighted by Crippen LogP contribution is 2.35. The van der Waals surface area contributed by atoms with Gasteiger partial charge in [0.1, 0.15) is 10.7 Å². The normalized spacial score (nSPS) is 18.3. The maximum absolute atomic E-state index is 12.8. The lowest BCUT2D eigenvalue weighted by atomic mass is 9.97. The number of amidine groups is 1. The maximum Gasteiger partial charge on any atom is 0.338 e. The fraction of sp³-hybridized carbons (Fsp3) is 0.423. The summed E-state index contributed by atoms with van der Waals surface area (Å²) in [5.74, 6) is -0.424. The van der Waals surface area contributed by atoms with Crippen molar-refractivity contribution in [2.75, 3.05) is 16.8 Å². The van der Waals surface area contributed by atoms with E-state index >= 15 is 0 Å². The molecule has 4 rings (SSSR count). The second-order valence-corrected chi connectivity index (χ2v) is 10.6. The molecule has 1 amide bonds. The molecule has 0 aromatic heterocycles. The van der Waals surface area contributed by atoms with Crippen LogP contribution in [0.1, 0.15) is 74.7 Å². The second-order valence-electron chi connectivity index (χ2n) is 9.06. The standard InChI is InChI=1S/C26H31N3O5S/c1-4-17(2)20-10-7-8-11-21(20)27-25(30)18(3)34-26(31)19-13-14-22-23(16-19)35(32,33)28-24-12-6-5-9-15-29(22)24/h7-8,10-11,13-14,16-18H,4-6,9,12,15H2,1-3H3,(H,27,30). The topological polar surface area (TPSA) is 105 Å². The molecule has 8 nitrogen and oxygen atoms in total. The number of fused-ring (bicyclic) bond motifs is 3. The number of hydrogen-bond acceptors (Lipinski definition) is 6. The van der Waals surface area contributed by atoms with Gasteiger partial charge in [-0.3, -0.25) is 4.79 Å². The third kappa shape index (κ3) is 5.24. The first-order chi connectivity index (χ1) is 16.7. The first-order valence-electron chi connectivity index (χ1n) is 12.1. The number of nitrogens with one attached hydrogen (secondary N) is 1. The zero-order valence-electron chi connectivity index (χ0n) is 20.3. The van der Waals surface area contributed by atoms with Crippen molar-refractivity contribution in [2.24, 2.45) is 4.40 Å². The van der Waals surface area contributed by atoms with Crippen LogP contribution in [0.4, 0.5) is 11.4 Å². The molecule has 2 unspecified atom stereocenters. The van der Waals surface area contributed by atoms with Gasteiger partial charge in [0, 0.05) is 18.7 Å². The van der Waals surface area contributed by atoms with E-state index in [1.165, 1.54) is 19.1 Å². The highest BCUT2D eigenvalue weighted by atomic mass is 32.2. The molecule has 0 saturated carbocycles. The molecule has 0 radical (unpaired) electrons. The number of anilines is 2. The van der Waals surface area contributed by atoms with Gasteiger partial charge in [0.2, 0.25) is 0 Å². The van der Waals surface area contributed by atoms with Gasteiger partial charge in [-0.05, 0) is 61.9 Å². The van der Waals surface area contributed by atoms with E-state index in [9.17, 15) is 18.0 Å². The van der Waals surface area contributed by atoms with E-state index in [0.29, 0.717) is 30.2 Å². The zero-order valence-corrected chi connectivity index (χ0v) is 21.1. The smallest absolute Gasteiger partial charge is 0.338 e. The third-order valence-electron chi connectivity index (χ3n) is 6.60. The third-order valence-corrected chi connectivity index (χ3v) is 7.93. The van der Waals surface area contributed by atoms with Crippen molar-refractivity contribution >= 4 is 39.1 Å². The highest BCUT2D eigenvalue weighted by molar-refractivity contribution is 7.90. The average Bonchev–Trinajstić information content (AvgIpc) is 3.08. The summed E-state index contributed by atoms with van der Waals surface area (Å²) in [5.41, 5.74) is 2.28. The van der Waals surface area contributed by atoms with Gasteiger partial charge in [-0.25, -0.2) is 4.79 Å². The van der Waals surface area contributed by atoms with Crippen molar-refractivity contribution in [3.8, 4) is 0 Å². The van der Waals surface area contributed by atoms with Crippen LogP contribution in [-0.4, -0.2) is 38.8 Å². The molecule has 35 heavy (non-hydrogen) atoms. The minimum atomic E-state index is -3.93. The Bertz CT molecular complexity index is 1270. The van der Waals surface area contributed by atoms with E-state index in [-0.39, 0.29) is 16.4 Å². The number of benzene rings is 2. The number of amides is 1. The van der Waals surface area contributed by atoms with Crippen molar-refractivity contribution in [1.29, 1.82) is 0 Å². The minimum absolute atomic E-state index is 0.0165. The summed E-state index contributed by atoms with van der Waals surface area (Å²) in [6.45, 7) is 6.32. The summed E-state index contributed by atoms with van der Waals surface area (Å²) < 4.78 is 35.0. The fourth-order valence-corrected chi connectivity index (χ4v) is 5.67. The van der Waals surface area contributed by atoms with Crippen molar-refractivity contribution < 1.29 is 22.7 Å². The Balaban J connectivity index is 1.50. The zero-order chi connectivity index (χ0) is 25.2. The molecular weight excluding hydrogens is 466 g/mol. The van der Waals surface area contributed by atoms with E-state index in [1.54, 1.807) is 6.07 Å². The van der Waals surface area contributed by atoms with Gasteiger partial charge < -0.3 is 15.0 Å². The van der Waals surface area contributed by atoms with Crippen LogP contribution in [0.25, 0.3) is 0 Å². The highest BCUT2D eigenvalue weighted by Gasteiger charge is 2.32. The molecule has 0 aliphatic carbocycles. The first-order valence-corrected chi connectivity index (χ1v) is 13.5. The van der Waals surface area contributed by atoms with Gasteiger partial charge >= 0.3 is 5.97 Å². The Kier molecular flexibility index (Phi) is 7.25. The molecule has 186 valence electrons. The van der Waals surface area contributed by atoms with Crippen molar-refractivity contribution in [1.82, 2.24) is 0 Å². The number of ether oxygens (including phenoxy) is 1. The summed E-state index contributed by atoms with van der Waals surface area (Å²) in [4.78, 5) is 27.5. The Hall–Kier alpha value is -3.20. The Labute approximate surface area is 206 Å². The molecule has 2 atom stereocenters. The van der Waals surface area contributed by atoms with Crippen LogP contribution in [0.2, 0.25) is 0 Å². The molecule has 2 aromatic carbocycles. The lowest BCUT2D eigenvalue weighted by Gasteiger charge is -2.29. The first kappa shape index (κ1) is 24.9. The van der Waals surface area contributed by atoms with Gasteiger partial charge in [0.05, 0.1) is 11.3 Å². The molecule has 9 heteroatoms. The number of carbonyl (C=O) groups excluding carboxylic acids is 2. The van der Waals surface area contributed by atoms with Gasteiger partial charge in [-0.2, -0.15) is 8.42 Å². The summed E-state index contributed by atoms with van der Waals surface area (Å²) in [6, 6.07) is 12.0. The van der Waals surface area contributed by atoms with Crippen molar-refractivity contribution in [2.45, 2.75) is 69.8 Å². The quantitative estimate of drug-likeness (QED) is 0.571. The molecular formula is C26H31N3O5S. The summed E-state index contributed by atoms with van der Waals surface area (Å²) in [5, 5.41) is 2.85. The van der Waals surface area contributed by atoms with Crippen LogP contribution in [0.15, 0.2) is 51.8 Å². The molecule has 0 bridgehead atoms. The minimum Gasteiger partial charge on any atom is -0.449 e. The molecule has 2 aliphatic heterocycles. The van der Waals surface area contributed by atoms with E-state index in [2.05, 4.69) is 23.6 Å². The molecule has 1 fully saturated rings. The predicted molar refractivity (Wildman–Crippen MR) is 136 cm³/mol. The van der Waals surface area contributed by atoms with Crippen LogP contribution < -0.4 is 10.2 Å². The van der Waals surface area contributed by atoms with Gasteiger partial charge in [0.25, 0.3) is 15.9 Å². The fourth-order valence-electron chi connectivity index (χ4n) is 4.38. The van der Waals surface area contributed by atoms with Crippen LogP contribution in [0.5, 0.6) is 0 Å². The number of hydrogen-bond donors (Lipinski definition) is 1. The van der Waals surface area contributed by atoms with Crippen molar-refractivity contribution in [3.63, 3.8) is 0 Å².